The molecule has 1 saturated heterocycles. The SMILES string of the molecule is C=C[C@@H]1CCCN1C.CCC. The highest BCUT2D eigenvalue weighted by Crippen LogP contribution is 2.14. The molecule has 0 saturated carbocycles. The fourth-order valence-corrected chi connectivity index (χ4v) is 1.23. The van der Waals surface area contributed by atoms with Crippen LogP contribution in [0.4, 0.5) is 0 Å². The second kappa shape index (κ2) is 6.41. The van der Waals surface area contributed by atoms with Gasteiger partial charge in [-0.25, -0.2) is 0 Å². The molecule has 0 spiro atoms. The first-order valence-electron chi connectivity index (χ1n) is 4.59. The minimum atomic E-state index is 0.662. The Bertz CT molecular complexity index is 99.0. The van der Waals surface area contributed by atoms with Crippen LogP contribution in [0, 0.1) is 0 Å². The lowest BCUT2D eigenvalue weighted by molar-refractivity contribution is 0.357. The zero-order valence-corrected chi connectivity index (χ0v) is 8.14. The molecule has 0 aromatic heterocycles. The standard InChI is InChI=1S/C7H13N.C3H8/c1-3-7-5-4-6-8(7)2;1-3-2/h3,7H,1,4-6H2,2H3;3H2,1-2H3/t7-;/m1./s1. The Kier molecular flexibility index (Phi) is 6.24. The Morgan fingerprint density at radius 1 is 1.55 bits per heavy atom. The van der Waals surface area contributed by atoms with Crippen molar-refractivity contribution in [1.82, 2.24) is 4.90 Å². The fraction of sp³-hybridized carbons (Fsp3) is 0.800. The number of hydrogen-bond donors (Lipinski definition) is 0. The molecule has 0 aromatic carbocycles. The van der Waals surface area contributed by atoms with Gasteiger partial charge in [-0.3, -0.25) is 4.90 Å². The minimum Gasteiger partial charge on any atom is -0.300 e. The third-order valence-electron chi connectivity index (χ3n) is 1.85. The molecule has 0 radical (unpaired) electrons. The largest absolute Gasteiger partial charge is 0.300 e. The van der Waals surface area contributed by atoms with Gasteiger partial charge in [-0.1, -0.05) is 26.3 Å². The summed E-state index contributed by atoms with van der Waals surface area (Å²) in [6.07, 6.45) is 5.93. The highest BCUT2D eigenvalue weighted by molar-refractivity contribution is 4.90. The van der Waals surface area contributed by atoms with Crippen LogP contribution in [-0.2, 0) is 0 Å². The Morgan fingerprint density at radius 3 is 2.27 bits per heavy atom. The number of likely N-dealkylation sites (N-methyl/N-ethyl adjacent to an activating group) is 1. The van der Waals surface area contributed by atoms with Crippen molar-refractivity contribution in [1.29, 1.82) is 0 Å². The van der Waals surface area contributed by atoms with Gasteiger partial charge in [0.1, 0.15) is 0 Å². The second-order valence-corrected chi connectivity index (χ2v) is 3.13. The Morgan fingerprint density at radius 2 is 2.09 bits per heavy atom. The van der Waals surface area contributed by atoms with Gasteiger partial charge in [0.05, 0.1) is 0 Å². The molecule has 1 fully saturated rings. The lowest BCUT2D eigenvalue weighted by atomic mass is 10.2. The molecular weight excluding hydrogens is 134 g/mol. The number of likely N-dealkylation sites (tertiary alicyclic amines) is 1. The first-order chi connectivity index (χ1) is 5.26. The van der Waals surface area contributed by atoms with Crippen LogP contribution in [0.1, 0.15) is 33.1 Å². The number of hydrogen-bond acceptors (Lipinski definition) is 1. The second-order valence-electron chi connectivity index (χ2n) is 3.13. The summed E-state index contributed by atoms with van der Waals surface area (Å²) >= 11 is 0. The van der Waals surface area contributed by atoms with Crippen LogP contribution in [0.3, 0.4) is 0 Å². The van der Waals surface area contributed by atoms with Crippen LogP contribution < -0.4 is 0 Å². The quantitative estimate of drug-likeness (QED) is 0.526. The van der Waals surface area contributed by atoms with Crippen molar-refractivity contribution in [3.63, 3.8) is 0 Å². The molecule has 1 heteroatoms. The Labute approximate surface area is 71.1 Å². The summed E-state index contributed by atoms with van der Waals surface area (Å²) in [4.78, 5) is 2.34. The van der Waals surface area contributed by atoms with E-state index in [1.54, 1.807) is 0 Å². The predicted molar refractivity (Wildman–Crippen MR) is 51.8 cm³/mol. The molecule has 66 valence electrons. The highest BCUT2D eigenvalue weighted by atomic mass is 15.1. The van der Waals surface area contributed by atoms with E-state index in [0.29, 0.717) is 6.04 Å². The van der Waals surface area contributed by atoms with Crippen LogP contribution >= 0.6 is 0 Å². The van der Waals surface area contributed by atoms with Crippen LogP contribution in [0.15, 0.2) is 12.7 Å². The summed E-state index contributed by atoms with van der Waals surface area (Å²) in [5.74, 6) is 0. The van der Waals surface area contributed by atoms with E-state index in [0.717, 1.165) is 0 Å². The summed E-state index contributed by atoms with van der Waals surface area (Å²) in [5, 5.41) is 0. The van der Waals surface area contributed by atoms with Crippen LogP contribution in [-0.4, -0.2) is 24.5 Å². The molecule has 1 rings (SSSR count). The molecule has 1 aliphatic heterocycles. The molecule has 1 heterocycles. The fourth-order valence-electron chi connectivity index (χ4n) is 1.23. The van der Waals surface area contributed by atoms with E-state index >= 15 is 0 Å². The molecule has 0 aliphatic carbocycles. The van der Waals surface area contributed by atoms with Gasteiger partial charge in [0, 0.05) is 6.04 Å². The molecule has 0 unspecified atom stereocenters. The molecular formula is C10H21N. The maximum Gasteiger partial charge on any atom is 0.0273 e. The topological polar surface area (TPSA) is 3.24 Å². The van der Waals surface area contributed by atoms with Crippen molar-refractivity contribution < 1.29 is 0 Å². The van der Waals surface area contributed by atoms with Crippen molar-refractivity contribution >= 4 is 0 Å². The Hall–Kier alpha value is -0.300. The average Bonchev–Trinajstić information content (AvgIpc) is 2.36. The lowest BCUT2D eigenvalue weighted by Crippen LogP contribution is -2.21. The molecule has 1 aliphatic rings. The van der Waals surface area contributed by atoms with E-state index in [9.17, 15) is 0 Å². The number of nitrogens with zero attached hydrogens (tertiary/aromatic N) is 1. The molecule has 1 atom stereocenters. The van der Waals surface area contributed by atoms with E-state index in [-0.39, 0.29) is 0 Å². The number of rotatable bonds is 1. The van der Waals surface area contributed by atoms with Crippen molar-refractivity contribution in [3.05, 3.63) is 12.7 Å². The molecule has 0 N–H and O–H groups in total. The monoisotopic (exact) mass is 155 g/mol. The van der Waals surface area contributed by atoms with Gasteiger partial charge in [0.15, 0.2) is 0 Å². The van der Waals surface area contributed by atoms with E-state index in [4.69, 9.17) is 0 Å². The van der Waals surface area contributed by atoms with Crippen LogP contribution in [0.2, 0.25) is 0 Å². The summed E-state index contributed by atoms with van der Waals surface area (Å²) < 4.78 is 0. The van der Waals surface area contributed by atoms with Crippen molar-refractivity contribution in [2.45, 2.75) is 39.2 Å². The van der Waals surface area contributed by atoms with E-state index in [1.165, 1.54) is 25.8 Å². The van der Waals surface area contributed by atoms with Crippen molar-refractivity contribution in [2.75, 3.05) is 13.6 Å². The first kappa shape index (κ1) is 10.7. The predicted octanol–water partition coefficient (Wildman–Crippen LogP) is 2.68. The maximum absolute atomic E-state index is 3.75. The maximum atomic E-state index is 3.75. The van der Waals surface area contributed by atoms with Crippen molar-refractivity contribution in [3.8, 4) is 0 Å². The van der Waals surface area contributed by atoms with E-state index in [1.807, 2.05) is 6.08 Å². The normalized spacial score (nSPS) is 24.1. The highest BCUT2D eigenvalue weighted by Gasteiger charge is 2.16. The third-order valence-corrected chi connectivity index (χ3v) is 1.85. The van der Waals surface area contributed by atoms with Crippen LogP contribution in [0.5, 0.6) is 0 Å². The Balaban J connectivity index is 0.000000292. The summed E-state index contributed by atoms with van der Waals surface area (Å²) in [6, 6.07) is 0.662. The molecule has 11 heavy (non-hydrogen) atoms. The summed E-state index contributed by atoms with van der Waals surface area (Å²) in [5.41, 5.74) is 0. The summed E-state index contributed by atoms with van der Waals surface area (Å²) in [6.45, 7) is 9.25. The zero-order valence-electron chi connectivity index (χ0n) is 8.14. The average molecular weight is 155 g/mol. The van der Waals surface area contributed by atoms with Gasteiger partial charge < -0.3 is 0 Å². The van der Waals surface area contributed by atoms with Gasteiger partial charge in [-0.05, 0) is 26.4 Å². The molecule has 1 nitrogen and oxygen atoms in total. The molecule has 0 amide bonds. The van der Waals surface area contributed by atoms with E-state index < -0.39 is 0 Å². The van der Waals surface area contributed by atoms with Gasteiger partial charge >= 0.3 is 0 Å². The van der Waals surface area contributed by atoms with Crippen LogP contribution in [0.25, 0.3) is 0 Å². The molecule has 0 bridgehead atoms. The van der Waals surface area contributed by atoms with Crippen molar-refractivity contribution in [2.24, 2.45) is 0 Å². The van der Waals surface area contributed by atoms with Gasteiger partial charge in [-0.15, -0.1) is 6.58 Å². The van der Waals surface area contributed by atoms with Gasteiger partial charge in [-0.2, -0.15) is 0 Å². The first-order valence-corrected chi connectivity index (χ1v) is 4.59. The minimum absolute atomic E-state index is 0.662. The van der Waals surface area contributed by atoms with Gasteiger partial charge in [0.25, 0.3) is 0 Å². The molecule has 0 aromatic rings. The third kappa shape index (κ3) is 4.20. The summed E-state index contributed by atoms with van der Waals surface area (Å²) in [7, 11) is 2.15. The smallest absolute Gasteiger partial charge is 0.0273 e. The lowest BCUT2D eigenvalue weighted by Gasteiger charge is -2.13. The van der Waals surface area contributed by atoms with Gasteiger partial charge in [0.2, 0.25) is 0 Å². The zero-order chi connectivity index (χ0) is 8.69. The van der Waals surface area contributed by atoms with E-state index in [2.05, 4.69) is 32.4 Å².